The van der Waals surface area contributed by atoms with Crippen LogP contribution in [0.15, 0.2) is 30.3 Å². The standard InChI is InChI=1S/C18H28N2O3/c1-4-20(5-2)18(22)14-23-13-17(21)19-15(3)11-12-16-9-7-6-8-10-16/h6-10,15H,4-5,11-14H2,1-3H3,(H,19,21)/t15-/m1/s1. The lowest BCUT2D eigenvalue weighted by Gasteiger charge is -2.18. The zero-order valence-corrected chi connectivity index (χ0v) is 14.4. The van der Waals surface area contributed by atoms with Gasteiger partial charge >= 0.3 is 0 Å². The van der Waals surface area contributed by atoms with Crippen LogP contribution in [-0.4, -0.2) is 49.1 Å². The molecule has 1 atom stereocenters. The minimum atomic E-state index is -0.182. The van der Waals surface area contributed by atoms with Crippen LogP contribution in [0.1, 0.15) is 32.8 Å². The van der Waals surface area contributed by atoms with Crippen molar-refractivity contribution in [3.8, 4) is 0 Å². The SMILES string of the molecule is CCN(CC)C(=O)COCC(=O)N[C@H](C)CCc1ccccc1. The Hall–Kier alpha value is -1.88. The summed E-state index contributed by atoms with van der Waals surface area (Å²) < 4.78 is 5.20. The van der Waals surface area contributed by atoms with Gasteiger partial charge in [0.15, 0.2) is 0 Å². The van der Waals surface area contributed by atoms with E-state index in [0.717, 1.165) is 12.8 Å². The number of benzene rings is 1. The monoisotopic (exact) mass is 320 g/mol. The number of hydrogen-bond donors (Lipinski definition) is 1. The summed E-state index contributed by atoms with van der Waals surface area (Å²) in [5, 5.41) is 2.89. The third-order valence-electron chi connectivity index (χ3n) is 3.69. The van der Waals surface area contributed by atoms with Crippen LogP contribution in [0.2, 0.25) is 0 Å². The second-order valence-corrected chi connectivity index (χ2v) is 5.55. The van der Waals surface area contributed by atoms with Crippen LogP contribution >= 0.6 is 0 Å². The fourth-order valence-electron chi connectivity index (χ4n) is 2.32. The molecule has 5 heteroatoms. The second kappa shape index (κ2) is 10.8. The fourth-order valence-corrected chi connectivity index (χ4v) is 2.32. The zero-order valence-electron chi connectivity index (χ0n) is 14.4. The van der Waals surface area contributed by atoms with Gasteiger partial charge in [0.05, 0.1) is 0 Å². The molecule has 1 N–H and O–H groups in total. The van der Waals surface area contributed by atoms with Gasteiger partial charge in [0, 0.05) is 19.1 Å². The van der Waals surface area contributed by atoms with Gasteiger partial charge in [-0.05, 0) is 39.2 Å². The van der Waals surface area contributed by atoms with Gasteiger partial charge in [0.25, 0.3) is 0 Å². The molecule has 0 aliphatic heterocycles. The number of nitrogens with zero attached hydrogens (tertiary/aromatic N) is 1. The number of ether oxygens (including phenoxy) is 1. The Balaban J connectivity index is 2.19. The van der Waals surface area contributed by atoms with Gasteiger partial charge in [-0.3, -0.25) is 9.59 Å². The van der Waals surface area contributed by atoms with Crippen molar-refractivity contribution in [2.24, 2.45) is 0 Å². The van der Waals surface area contributed by atoms with Gasteiger partial charge in [-0.15, -0.1) is 0 Å². The molecule has 0 saturated carbocycles. The van der Waals surface area contributed by atoms with Gasteiger partial charge in [-0.25, -0.2) is 0 Å². The van der Waals surface area contributed by atoms with E-state index >= 15 is 0 Å². The predicted octanol–water partition coefficient (Wildman–Crippen LogP) is 2.01. The summed E-state index contributed by atoms with van der Waals surface area (Å²) in [7, 11) is 0. The Morgan fingerprint density at radius 2 is 1.78 bits per heavy atom. The lowest BCUT2D eigenvalue weighted by Crippen LogP contribution is -2.38. The molecule has 1 aromatic rings. The highest BCUT2D eigenvalue weighted by Gasteiger charge is 2.12. The average molecular weight is 320 g/mol. The maximum absolute atomic E-state index is 11.8. The molecule has 0 fully saturated rings. The van der Waals surface area contributed by atoms with Crippen molar-refractivity contribution in [2.45, 2.75) is 39.7 Å². The molecule has 0 unspecified atom stereocenters. The lowest BCUT2D eigenvalue weighted by molar-refractivity contribution is -0.138. The summed E-state index contributed by atoms with van der Waals surface area (Å²) >= 11 is 0. The first-order valence-electron chi connectivity index (χ1n) is 8.25. The molecule has 1 aromatic carbocycles. The van der Waals surface area contributed by atoms with E-state index in [0.29, 0.717) is 13.1 Å². The highest BCUT2D eigenvalue weighted by atomic mass is 16.5. The van der Waals surface area contributed by atoms with Crippen molar-refractivity contribution >= 4 is 11.8 Å². The van der Waals surface area contributed by atoms with E-state index < -0.39 is 0 Å². The highest BCUT2D eigenvalue weighted by molar-refractivity contribution is 5.79. The second-order valence-electron chi connectivity index (χ2n) is 5.55. The smallest absolute Gasteiger partial charge is 0.248 e. The van der Waals surface area contributed by atoms with E-state index in [1.165, 1.54) is 5.56 Å². The maximum atomic E-state index is 11.8. The molecule has 0 radical (unpaired) electrons. The van der Waals surface area contributed by atoms with Gasteiger partial charge in [0.1, 0.15) is 13.2 Å². The first-order valence-corrected chi connectivity index (χ1v) is 8.25. The fraction of sp³-hybridized carbons (Fsp3) is 0.556. The third kappa shape index (κ3) is 7.79. The molecule has 1 rings (SSSR count). The first kappa shape index (κ1) is 19.2. The maximum Gasteiger partial charge on any atom is 0.248 e. The topological polar surface area (TPSA) is 58.6 Å². The number of likely N-dealkylation sites (N-methyl/N-ethyl adjacent to an activating group) is 1. The van der Waals surface area contributed by atoms with Crippen molar-refractivity contribution in [3.63, 3.8) is 0 Å². The molecule has 0 heterocycles. The van der Waals surface area contributed by atoms with E-state index in [4.69, 9.17) is 4.74 Å². The van der Waals surface area contributed by atoms with Crippen LogP contribution in [0, 0.1) is 0 Å². The van der Waals surface area contributed by atoms with Gasteiger partial charge < -0.3 is 15.0 Å². The minimum Gasteiger partial charge on any atom is -0.362 e. The van der Waals surface area contributed by atoms with Crippen LogP contribution in [0.5, 0.6) is 0 Å². The predicted molar refractivity (Wildman–Crippen MR) is 91.1 cm³/mol. The summed E-state index contributed by atoms with van der Waals surface area (Å²) in [6.07, 6.45) is 1.79. The molecule has 5 nitrogen and oxygen atoms in total. The third-order valence-corrected chi connectivity index (χ3v) is 3.69. The first-order chi connectivity index (χ1) is 11.1. The number of amides is 2. The van der Waals surface area contributed by atoms with E-state index in [1.807, 2.05) is 39.0 Å². The van der Waals surface area contributed by atoms with Gasteiger partial charge in [-0.2, -0.15) is 0 Å². The molecule has 128 valence electrons. The van der Waals surface area contributed by atoms with Crippen molar-refractivity contribution in [1.82, 2.24) is 10.2 Å². The molecule has 0 bridgehead atoms. The molecule has 2 amide bonds. The molecular formula is C18H28N2O3. The zero-order chi connectivity index (χ0) is 17.1. The van der Waals surface area contributed by atoms with Crippen molar-refractivity contribution in [1.29, 1.82) is 0 Å². The Bertz CT molecular complexity index is 472. The van der Waals surface area contributed by atoms with Crippen molar-refractivity contribution in [2.75, 3.05) is 26.3 Å². The Kier molecular flexibility index (Phi) is 8.98. The van der Waals surface area contributed by atoms with Crippen LogP contribution in [0.3, 0.4) is 0 Å². The van der Waals surface area contributed by atoms with E-state index in [-0.39, 0.29) is 31.1 Å². The Morgan fingerprint density at radius 3 is 2.39 bits per heavy atom. The number of carbonyl (C=O) groups is 2. The molecule has 23 heavy (non-hydrogen) atoms. The summed E-state index contributed by atoms with van der Waals surface area (Å²) in [6.45, 7) is 6.99. The number of aryl methyl sites for hydroxylation is 1. The molecule has 0 aromatic heterocycles. The summed E-state index contributed by atoms with van der Waals surface area (Å²) in [4.78, 5) is 25.2. The highest BCUT2D eigenvalue weighted by Crippen LogP contribution is 2.04. The Labute approximate surface area is 139 Å². The quantitative estimate of drug-likeness (QED) is 0.717. The van der Waals surface area contributed by atoms with E-state index in [2.05, 4.69) is 17.4 Å². The van der Waals surface area contributed by atoms with Crippen LogP contribution < -0.4 is 5.32 Å². The lowest BCUT2D eigenvalue weighted by atomic mass is 10.1. The number of carbonyl (C=O) groups excluding carboxylic acids is 2. The molecule has 0 aliphatic rings. The van der Waals surface area contributed by atoms with Gasteiger partial charge in [0.2, 0.25) is 11.8 Å². The van der Waals surface area contributed by atoms with Gasteiger partial charge in [-0.1, -0.05) is 30.3 Å². The molecule has 0 saturated heterocycles. The molecule has 0 spiro atoms. The largest absolute Gasteiger partial charge is 0.362 e. The van der Waals surface area contributed by atoms with Crippen molar-refractivity contribution in [3.05, 3.63) is 35.9 Å². The Morgan fingerprint density at radius 1 is 1.13 bits per heavy atom. The van der Waals surface area contributed by atoms with Crippen LogP contribution in [0.25, 0.3) is 0 Å². The number of rotatable bonds is 10. The van der Waals surface area contributed by atoms with E-state index in [1.54, 1.807) is 4.90 Å². The average Bonchev–Trinajstić information content (AvgIpc) is 2.55. The van der Waals surface area contributed by atoms with Crippen molar-refractivity contribution < 1.29 is 14.3 Å². The number of hydrogen-bond acceptors (Lipinski definition) is 3. The molecule has 0 aliphatic carbocycles. The normalized spacial score (nSPS) is 11.8. The van der Waals surface area contributed by atoms with E-state index in [9.17, 15) is 9.59 Å². The minimum absolute atomic E-state index is 0.0481. The summed E-state index contributed by atoms with van der Waals surface area (Å²) in [6, 6.07) is 10.3. The van der Waals surface area contributed by atoms with Crippen LogP contribution in [-0.2, 0) is 20.7 Å². The number of nitrogens with one attached hydrogen (secondary N) is 1. The summed E-state index contributed by atoms with van der Waals surface area (Å²) in [5.74, 6) is -0.266. The molecular weight excluding hydrogens is 292 g/mol. The van der Waals surface area contributed by atoms with Crippen LogP contribution in [0.4, 0.5) is 0 Å². The summed E-state index contributed by atoms with van der Waals surface area (Å²) in [5.41, 5.74) is 1.26.